The number of hydrogen-bond donors (Lipinski definition) is 3. The van der Waals surface area contributed by atoms with Gasteiger partial charge in [-0.2, -0.15) is 5.26 Å². The Balaban J connectivity index is 1.86. The largest absolute Gasteiger partial charge is 0.485 e. The number of nitrogens with one attached hydrogen (secondary N) is 1. The first kappa shape index (κ1) is 17.9. The lowest BCUT2D eigenvalue weighted by atomic mass is 9.86. The average Bonchev–Trinajstić information content (AvgIpc) is 2.59. The molecule has 0 aliphatic carbocycles. The molecule has 1 fully saturated rings. The Morgan fingerprint density at radius 1 is 1.36 bits per heavy atom. The maximum absolute atomic E-state index is 10.8. The lowest BCUT2D eigenvalue weighted by molar-refractivity contribution is -0.0615. The van der Waals surface area contributed by atoms with E-state index in [4.69, 9.17) is 17.0 Å². The summed E-state index contributed by atoms with van der Waals surface area (Å²) in [7, 11) is 0. The molecule has 0 bridgehead atoms. The first-order chi connectivity index (χ1) is 11.8. The highest BCUT2D eigenvalue weighted by Crippen LogP contribution is 2.40. The second-order valence-electron chi connectivity index (χ2n) is 7.16. The van der Waals surface area contributed by atoms with Crippen LogP contribution in [0.4, 0.5) is 0 Å². The SMILES string of the molecule is CC1(C)Oc2ccc(C#N)cc2C(NC(=S)N2CCC(O)CC2)C1O. The zero-order chi connectivity index (χ0) is 18.2. The maximum Gasteiger partial charge on any atom is 0.169 e. The molecule has 6 nitrogen and oxygen atoms in total. The standard InChI is InChI=1S/C18H23N3O3S/c1-18(2)16(23)15(13-9-11(10-19)3-4-14(13)24-18)20-17(25)21-7-5-12(22)6-8-21/h3-4,9,12,15-16,22-23H,5-8H2,1-2H3,(H,20,25). The van der Waals surface area contributed by atoms with Crippen LogP contribution in [-0.2, 0) is 0 Å². The van der Waals surface area contributed by atoms with E-state index >= 15 is 0 Å². The maximum atomic E-state index is 10.8. The molecule has 1 saturated heterocycles. The number of hydrogen-bond acceptors (Lipinski definition) is 5. The Hall–Kier alpha value is -1.88. The topological polar surface area (TPSA) is 88.8 Å². The summed E-state index contributed by atoms with van der Waals surface area (Å²) in [5.41, 5.74) is 0.449. The van der Waals surface area contributed by atoms with Gasteiger partial charge in [-0.05, 0) is 57.1 Å². The minimum absolute atomic E-state index is 0.273. The second kappa shape index (κ2) is 6.79. The van der Waals surface area contributed by atoms with Crippen molar-refractivity contribution >= 4 is 17.3 Å². The molecule has 2 heterocycles. The number of piperidine rings is 1. The summed E-state index contributed by atoms with van der Waals surface area (Å²) in [4.78, 5) is 2.01. The summed E-state index contributed by atoms with van der Waals surface area (Å²) < 4.78 is 5.91. The van der Waals surface area contributed by atoms with E-state index in [0.29, 0.717) is 42.4 Å². The third kappa shape index (κ3) is 3.56. The molecule has 3 rings (SSSR count). The van der Waals surface area contributed by atoms with Crippen LogP contribution in [0.25, 0.3) is 0 Å². The molecule has 0 aromatic heterocycles. The van der Waals surface area contributed by atoms with Crippen LogP contribution in [0.3, 0.4) is 0 Å². The molecular formula is C18H23N3O3S. The number of rotatable bonds is 1. The molecule has 0 spiro atoms. The van der Waals surface area contributed by atoms with Gasteiger partial charge in [0.05, 0.1) is 23.8 Å². The zero-order valence-electron chi connectivity index (χ0n) is 14.4. The first-order valence-electron chi connectivity index (χ1n) is 8.46. The predicted octanol–water partition coefficient (Wildman–Crippen LogP) is 1.46. The number of aliphatic hydroxyl groups excluding tert-OH is 2. The molecule has 7 heteroatoms. The summed E-state index contributed by atoms with van der Waals surface area (Å²) in [6, 6.07) is 6.85. The number of benzene rings is 1. The highest BCUT2D eigenvalue weighted by molar-refractivity contribution is 7.80. The van der Waals surface area contributed by atoms with Crippen LogP contribution in [0.1, 0.15) is 43.9 Å². The van der Waals surface area contributed by atoms with Gasteiger partial charge in [-0.25, -0.2) is 0 Å². The minimum Gasteiger partial charge on any atom is -0.485 e. The molecule has 1 aromatic carbocycles. The average molecular weight is 361 g/mol. The van der Waals surface area contributed by atoms with E-state index in [0.717, 1.165) is 5.56 Å². The van der Waals surface area contributed by atoms with E-state index in [9.17, 15) is 15.5 Å². The molecule has 2 aliphatic rings. The van der Waals surface area contributed by atoms with Gasteiger partial charge in [0.15, 0.2) is 5.11 Å². The number of ether oxygens (including phenoxy) is 1. The van der Waals surface area contributed by atoms with Crippen molar-refractivity contribution in [3.8, 4) is 11.8 Å². The third-order valence-corrected chi connectivity index (χ3v) is 5.28. The zero-order valence-corrected chi connectivity index (χ0v) is 15.2. The van der Waals surface area contributed by atoms with Crippen LogP contribution >= 0.6 is 12.2 Å². The van der Waals surface area contributed by atoms with E-state index in [1.54, 1.807) is 18.2 Å². The van der Waals surface area contributed by atoms with Gasteiger partial charge in [0, 0.05) is 18.7 Å². The second-order valence-corrected chi connectivity index (χ2v) is 7.55. The number of aliphatic hydroxyl groups is 2. The number of fused-ring (bicyclic) bond motifs is 1. The van der Waals surface area contributed by atoms with E-state index in [2.05, 4.69) is 11.4 Å². The van der Waals surface area contributed by atoms with Gasteiger partial charge in [-0.1, -0.05) is 0 Å². The first-order valence-corrected chi connectivity index (χ1v) is 8.87. The van der Waals surface area contributed by atoms with E-state index in [1.807, 2.05) is 18.7 Å². The van der Waals surface area contributed by atoms with Gasteiger partial charge in [0.25, 0.3) is 0 Å². The summed E-state index contributed by atoms with van der Waals surface area (Å²) in [5, 5.41) is 33.4. The number of likely N-dealkylation sites (tertiary alicyclic amines) is 1. The van der Waals surface area contributed by atoms with Crippen molar-refractivity contribution in [3.05, 3.63) is 29.3 Å². The molecule has 2 unspecified atom stereocenters. The quantitative estimate of drug-likeness (QED) is 0.653. The van der Waals surface area contributed by atoms with Crippen molar-refractivity contribution in [2.24, 2.45) is 0 Å². The Morgan fingerprint density at radius 3 is 2.68 bits per heavy atom. The molecule has 0 amide bonds. The molecule has 2 atom stereocenters. The molecule has 25 heavy (non-hydrogen) atoms. The molecule has 134 valence electrons. The molecule has 0 saturated carbocycles. The van der Waals surface area contributed by atoms with Gasteiger partial charge in [-0.3, -0.25) is 0 Å². The van der Waals surface area contributed by atoms with Crippen molar-refractivity contribution in [2.45, 2.75) is 50.5 Å². The molecule has 3 N–H and O–H groups in total. The van der Waals surface area contributed by atoms with Gasteiger partial charge in [0.2, 0.25) is 0 Å². The van der Waals surface area contributed by atoms with Gasteiger partial charge < -0.3 is 25.2 Å². The van der Waals surface area contributed by atoms with E-state index in [1.165, 1.54) is 0 Å². The number of thiocarbonyl (C=S) groups is 1. The Bertz CT molecular complexity index is 708. The fraction of sp³-hybridized carbons (Fsp3) is 0.556. The van der Waals surface area contributed by atoms with Gasteiger partial charge >= 0.3 is 0 Å². The lowest BCUT2D eigenvalue weighted by Gasteiger charge is -2.43. The Kier molecular flexibility index (Phi) is 4.87. The van der Waals surface area contributed by atoms with Gasteiger partial charge in [0.1, 0.15) is 17.5 Å². The van der Waals surface area contributed by atoms with Crippen LogP contribution < -0.4 is 10.1 Å². The monoisotopic (exact) mass is 361 g/mol. The van der Waals surface area contributed by atoms with Crippen LogP contribution in [0, 0.1) is 11.3 Å². The van der Waals surface area contributed by atoms with Crippen molar-refractivity contribution in [1.29, 1.82) is 5.26 Å². The predicted molar refractivity (Wildman–Crippen MR) is 97.2 cm³/mol. The summed E-state index contributed by atoms with van der Waals surface area (Å²) in [6.07, 6.45) is 0.255. The fourth-order valence-corrected chi connectivity index (χ4v) is 3.63. The normalized spacial score (nSPS) is 25.5. The van der Waals surface area contributed by atoms with E-state index in [-0.39, 0.29) is 6.10 Å². The smallest absolute Gasteiger partial charge is 0.169 e. The van der Waals surface area contributed by atoms with Crippen molar-refractivity contribution in [2.75, 3.05) is 13.1 Å². The Labute approximate surface area is 153 Å². The Morgan fingerprint density at radius 2 is 2.04 bits per heavy atom. The number of nitrogens with zero attached hydrogens (tertiary/aromatic N) is 2. The minimum atomic E-state index is -0.831. The van der Waals surface area contributed by atoms with Crippen LogP contribution in [0.2, 0.25) is 0 Å². The highest BCUT2D eigenvalue weighted by atomic mass is 32.1. The van der Waals surface area contributed by atoms with Gasteiger partial charge in [-0.15, -0.1) is 0 Å². The fourth-order valence-electron chi connectivity index (χ4n) is 3.32. The van der Waals surface area contributed by atoms with Crippen molar-refractivity contribution in [1.82, 2.24) is 10.2 Å². The molecule has 2 aliphatic heterocycles. The van der Waals surface area contributed by atoms with Crippen molar-refractivity contribution < 1.29 is 14.9 Å². The van der Waals surface area contributed by atoms with E-state index < -0.39 is 17.7 Å². The van der Waals surface area contributed by atoms with Crippen molar-refractivity contribution in [3.63, 3.8) is 0 Å². The lowest BCUT2D eigenvalue weighted by Crippen LogP contribution is -2.56. The van der Waals surface area contributed by atoms with Crippen LogP contribution in [-0.4, -0.2) is 51.1 Å². The molecular weight excluding hydrogens is 338 g/mol. The van der Waals surface area contributed by atoms with Crippen LogP contribution in [0.15, 0.2) is 18.2 Å². The summed E-state index contributed by atoms with van der Waals surface area (Å²) in [6.45, 7) is 5.02. The molecule has 1 aromatic rings. The summed E-state index contributed by atoms with van der Waals surface area (Å²) >= 11 is 5.53. The van der Waals surface area contributed by atoms with Crippen LogP contribution in [0.5, 0.6) is 5.75 Å². The third-order valence-electron chi connectivity index (χ3n) is 4.91. The number of nitriles is 1. The molecule has 0 radical (unpaired) electrons. The summed E-state index contributed by atoms with van der Waals surface area (Å²) in [5.74, 6) is 0.642. The highest BCUT2D eigenvalue weighted by Gasteiger charge is 2.43.